The SMILES string of the molecule is CCC[C@@H]1C[C@@H](C(=O)N[C@@H]([C@H]2O[C@H](SC)[C@@](O)(OP(=O)(O)O)[C@@H](O)[C@H]2O)[C@H](C)Cl)N(C)C1. The Morgan fingerprint density at radius 2 is 2.06 bits per heavy atom. The molecule has 2 aliphatic rings. The number of rotatable bonds is 9. The summed E-state index contributed by atoms with van der Waals surface area (Å²) in [6.45, 7) is 4.45. The van der Waals surface area contributed by atoms with Gasteiger partial charge in [0.05, 0.1) is 17.5 Å². The number of phosphoric ester groups is 1. The maximum absolute atomic E-state index is 13.0. The molecule has 0 aromatic carbocycles. The number of likely N-dealkylation sites (tertiary alicyclic amines) is 1. The zero-order chi connectivity index (χ0) is 24.4. The van der Waals surface area contributed by atoms with Gasteiger partial charge in [-0.1, -0.05) is 13.3 Å². The van der Waals surface area contributed by atoms with Gasteiger partial charge in [0, 0.05) is 6.54 Å². The summed E-state index contributed by atoms with van der Waals surface area (Å²) in [6, 6.07) is -1.36. The van der Waals surface area contributed by atoms with Crippen LogP contribution in [0.2, 0.25) is 0 Å². The highest BCUT2D eigenvalue weighted by Crippen LogP contribution is 2.48. The first-order chi connectivity index (χ1) is 14.7. The standard InChI is InChI=1S/C18H34ClN2O9PS/c1-5-6-10-7-11(21(3)8-10)16(24)20-12(9(2)19)14-13(22)15(23)18(25,17(29-14)32-4)30-31(26,27)28/h9-15,17,22-23,25H,5-8H2,1-4H3,(H,20,24)(H2,26,27,28)/t9-,10+,11-,12+,13-,14+,15-,17+,18-/m0/s1. The summed E-state index contributed by atoms with van der Waals surface area (Å²) in [5.41, 5.74) is -1.49. The molecule has 2 heterocycles. The lowest BCUT2D eigenvalue weighted by Gasteiger charge is -2.49. The highest BCUT2D eigenvalue weighted by Gasteiger charge is 2.60. The lowest BCUT2D eigenvalue weighted by Crippen LogP contribution is -2.70. The van der Waals surface area contributed by atoms with Crippen LogP contribution in [0.5, 0.6) is 0 Å². The topological polar surface area (TPSA) is 169 Å². The van der Waals surface area contributed by atoms with Gasteiger partial charge in [0.15, 0.2) is 5.44 Å². The molecule has 188 valence electrons. The second-order valence-corrected chi connectivity index (χ2v) is 11.2. The maximum atomic E-state index is 13.0. The number of hydrogen-bond donors (Lipinski definition) is 6. The van der Waals surface area contributed by atoms with Crippen molar-refractivity contribution in [3.63, 3.8) is 0 Å². The largest absolute Gasteiger partial charge is 0.472 e. The number of ether oxygens (including phenoxy) is 1. The van der Waals surface area contributed by atoms with E-state index in [-0.39, 0.29) is 11.9 Å². The van der Waals surface area contributed by atoms with E-state index in [9.17, 15) is 24.7 Å². The highest BCUT2D eigenvalue weighted by atomic mass is 35.5. The molecule has 0 spiro atoms. The van der Waals surface area contributed by atoms with Crippen LogP contribution in [0.25, 0.3) is 0 Å². The van der Waals surface area contributed by atoms with Gasteiger partial charge in [0.25, 0.3) is 0 Å². The van der Waals surface area contributed by atoms with Gasteiger partial charge in [-0.25, -0.2) is 9.09 Å². The third-order valence-corrected chi connectivity index (χ3v) is 7.65. The predicted molar refractivity (Wildman–Crippen MR) is 119 cm³/mol. The first-order valence-electron chi connectivity index (χ1n) is 10.4. The van der Waals surface area contributed by atoms with Crippen LogP contribution < -0.4 is 5.32 Å². The molecule has 2 aliphatic heterocycles. The van der Waals surface area contributed by atoms with Crippen LogP contribution in [0.4, 0.5) is 0 Å². The summed E-state index contributed by atoms with van der Waals surface area (Å²) in [6.07, 6.45) is -1.13. The van der Waals surface area contributed by atoms with E-state index in [1.807, 2.05) is 11.9 Å². The summed E-state index contributed by atoms with van der Waals surface area (Å²) in [7, 11) is -3.39. The molecule has 0 saturated carbocycles. The van der Waals surface area contributed by atoms with Crippen LogP contribution in [0.15, 0.2) is 0 Å². The Labute approximate surface area is 197 Å². The molecule has 14 heteroatoms. The van der Waals surface area contributed by atoms with Crippen molar-refractivity contribution in [3.8, 4) is 0 Å². The van der Waals surface area contributed by atoms with E-state index in [1.54, 1.807) is 6.92 Å². The number of aliphatic hydroxyl groups excluding tert-OH is 2. The van der Waals surface area contributed by atoms with Gasteiger partial charge < -0.3 is 35.2 Å². The summed E-state index contributed by atoms with van der Waals surface area (Å²) in [4.78, 5) is 33.2. The molecule has 0 aromatic heterocycles. The van der Waals surface area contributed by atoms with E-state index in [4.69, 9.17) is 26.1 Å². The van der Waals surface area contributed by atoms with Crippen LogP contribution in [0.1, 0.15) is 33.1 Å². The number of hydrogen-bond acceptors (Lipinski definition) is 9. The number of aliphatic hydroxyl groups is 3. The van der Waals surface area contributed by atoms with E-state index in [0.717, 1.165) is 31.1 Å². The lowest BCUT2D eigenvalue weighted by atomic mass is 9.91. The normalized spacial score (nSPS) is 38.4. The van der Waals surface area contributed by atoms with Crippen molar-refractivity contribution in [3.05, 3.63) is 0 Å². The fourth-order valence-electron chi connectivity index (χ4n) is 4.44. The summed E-state index contributed by atoms with van der Waals surface area (Å²) >= 11 is 7.10. The Bertz CT molecular complexity index is 697. The van der Waals surface area contributed by atoms with Crippen LogP contribution in [0.3, 0.4) is 0 Å². The maximum Gasteiger partial charge on any atom is 0.472 e. The number of carbonyl (C=O) groups is 1. The highest BCUT2D eigenvalue weighted by molar-refractivity contribution is 7.99. The van der Waals surface area contributed by atoms with Crippen molar-refractivity contribution in [1.82, 2.24) is 10.2 Å². The molecule has 11 nitrogen and oxygen atoms in total. The number of phosphoric acid groups is 1. The minimum absolute atomic E-state index is 0.304. The number of likely N-dealkylation sites (N-methyl/N-ethyl adjacent to an activating group) is 1. The van der Waals surface area contributed by atoms with Crippen molar-refractivity contribution in [1.29, 1.82) is 0 Å². The summed E-state index contributed by atoms with van der Waals surface area (Å²) in [5, 5.41) is 33.8. The molecule has 0 aromatic rings. The Balaban J connectivity index is 2.21. The van der Waals surface area contributed by atoms with Gasteiger partial charge in [-0.15, -0.1) is 23.4 Å². The molecular weight excluding hydrogens is 487 g/mol. The molecule has 9 atom stereocenters. The minimum Gasteiger partial charge on any atom is -0.387 e. The predicted octanol–water partition coefficient (Wildman–Crippen LogP) is -0.173. The second-order valence-electron chi connectivity index (χ2n) is 8.50. The number of halogens is 1. The van der Waals surface area contributed by atoms with Crippen LogP contribution in [-0.4, -0.2) is 103 Å². The zero-order valence-electron chi connectivity index (χ0n) is 18.5. The molecule has 2 rings (SSSR count). The Hall–Kier alpha value is 0.0200. The quantitative estimate of drug-likeness (QED) is 0.135. The second kappa shape index (κ2) is 11.2. The fraction of sp³-hybridized carbons (Fsp3) is 0.944. The first kappa shape index (κ1) is 28.3. The lowest BCUT2D eigenvalue weighted by molar-refractivity contribution is -0.321. The number of thioether (sulfide) groups is 1. The molecule has 0 bridgehead atoms. The van der Waals surface area contributed by atoms with Crippen molar-refractivity contribution in [2.45, 2.75) is 80.1 Å². The van der Waals surface area contributed by atoms with Gasteiger partial charge in [0.1, 0.15) is 18.3 Å². The zero-order valence-corrected chi connectivity index (χ0v) is 21.0. The van der Waals surface area contributed by atoms with Crippen molar-refractivity contribution >= 4 is 37.1 Å². The number of nitrogens with zero attached hydrogens (tertiary/aromatic N) is 1. The average molecular weight is 521 g/mol. The molecule has 2 fully saturated rings. The monoisotopic (exact) mass is 520 g/mol. The Kier molecular flexibility index (Phi) is 9.87. The van der Waals surface area contributed by atoms with Crippen LogP contribution >= 0.6 is 31.2 Å². The molecule has 1 amide bonds. The first-order valence-corrected chi connectivity index (χ1v) is 13.7. The van der Waals surface area contributed by atoms with Gasteiger partial charge in [-0.3, -0.25) is 9.69 Å². The number of alkyl halides is 1. The van der Waals surface area contributed by atoms with E-state index >= 15 is 0 Å². The van der Waals surface area contributed by atoms with E-state index < -0.39 is 48.8 Å². The van der Waals surface area contributed by atoms with Gasteiger partial charge >= 0.3 is 7.82 Å². The fourth-order valence-corrected chi connectivity index (χ4v) is 6.07. The van der Waals surface area contributed by atoms with Gasteiger partial charge in [-0.05, 0) is 39.0 Å². The third-order valence-electron chi connectivity index (χ3n) is 5.97. The molecule has 0 radical (unpaired) electrons. The van der Waals surface area contributed by atoms with E-state index in [2.05, 4.69) is 16.8 Å². The molecule has 32 heavy (non-hydrogen) atoms. The number of nitrogens with one attached hydrogen (secondary N) is 1. The van der Waals surface area contributed by atoms with Gasteiger partial charge in [0.2, 0.25) is 11.7 Å². The van der Waals surface area contributed by atoms with Crippen molar-refractivity contribution < 1.29 is 43.7 Å². The summed E-state index contributed by atoms with van der Waals surface area (Å²) < 4.78 is 21.4. The Morgan fingerprint density at radius 1 is 1.44 bits per heavy atom. The minimum atomic E-state index is -5.25. The van der Waals surface area contributed by atoms with E-state index in [0.29, 0.717) is 12.3 Å². The summed E-state index contributed by atoms with van der Waals surface area (Å²) in [5.74, 6) is -2.80. The molecular formula is C18H34ClN2O9PS. The molecule has 6 N–H and O–H groups in total. The average Bonchev–Trinajstić information content (AvgIpc) is 3.04. The van der Waals surface area contributed by atoms with Crippen LogP contribution in [-0.2, 0) is 18.6 Å². The van der Waals surface area contributed by atoms with Crippen molar-refractivity contribution in [2.24, 2.45) is 5.92 Å². The van der Waals surface area contributed by atoms with E-state index in [1.165, 1.54) is 6.26 Å². The molecule has 2 saturated heterocycles. The Morgan fingerprint density at radius 3 is 2.56 bits per heavy atom. The molecule has 0 unspecified atom stereocenters. The third kappa shape index (κ3) is 6.37. The van der Waals surface area contributed by atoms with Crippen molar-refractivity contribution in [2.75, 3.05) is 19.8 Å². The van der Waals surface area contributed by atoms with Gasteiger partial charge in [-0.2, -0.15) is 0 Å². The van der Waals surface area contributed by atoms with Crippen LogP contribution in [0, 0.1) is 5.92 Å². The molecule has 0 aliphatic carbocycles. The number of amides is 1. The smallest absolute Gasteiger partial charge is 0.387 e. The number of carbonyl (C=O) groups excluding carboxylic acids is 1.